The third kappa shape index (κ3) is 5.02. The van der Waals surface area contributed by atoms with Crippen molar-refractivity contribution in [3.63, 3.8) is 0 Å². The van der Waals surface area contributed by atoms with Crippen molar-refractivity contribution in [2.45, 2.75) is 0 Å². The van der Waals surface area contributed by atoms with E-state index in [1.807, 2.05) is 0 Å². The fourth-order valence-corrected chi connectivity index (χ4v) is 7.96. The summed E-state index contributed by atoms with van der Waals surface area (Å²) in [4.78, 5) is 2.32. The van der Waals surface area contributed by atoms with Crippen LogP contribution in [0.4, 0.5) is 17.1 Å². The summed E-state index contributed by atoms with van der Waals surface area (Å²) in [6.45, 7) is 0. The lowest BCUT2D eigenvalue weighted by molar-refractivity contribution is 1.29. The van der Waals surface area contributed by atoms with E-state index in [9.17, 15) is 0 Å². The van der Waals surface area contributed by atoms with Crippen molar-refractivity contribution in [1.82, 2.24) is 0 Å². The maximum Gasteiger partial charge on any atom is 0.0468 e. The third-order valence-electron chi connectivity index (χ3n) is 10.3. The molecule has 0 heterocycles. The van der Waals surface area contributed by atoms with Gasteiger partial charge in [-0.3, -0.25) is 0 Å². The van der Waals surface area contributed by atoms with Crippen LogP contribution >= 0.6 is 0 Å². The first-order chi connectivity index (χ1) is 25.3. The van der Waals surface area contributed by atoms with Gasteiger partial charge in [-0.2, -0.15) is 0 Å². The van der Waals surface area contributed by atoms with Crippen LogP contribution in [0.3, 0.4) is 0 Å². The van der Waals surface area contributed by atoms with E-state index >= 15 is 0 Å². The molecular formula is C50H33N. The van der Waals surface area contributed by atoms with E-state index in [1.54, 1.807) is 0 Å². The second kappa shape index (κ2) is 12.0. The molecule has 238 valence electrons. The number of rotatable bonds is 5. The van der Waals surface area contributed by atoms with Crippen molar-refractivity contribution in [1.29, 1.82) is 0 Å². The van der Waals surface area contributed by atoms with E-state index in [4.69, 9.17) is 0 Å². The molecule has 51 heavy (non-hydrogen) atoms. The summed E-state index contributed by atoms with van der Waals surface area (Å²) < 4.78 is 0. The first kappa shape index (κ1) is 29.2. The van der Waals surface area contributed by atoms with Crippen molar-refractivity contribution in [3.05, 3.63) is 200 Å². The monoisotopic (exact) mass is 647 g/mol. The SMILES string of the molecule is c1ccc(N(c2ccccc2)c2ccc3cc(-c4c5ccccc5c(-c5ccc6ccccc6c5)c5cc6ccccc6cc45)ccc3c2)cc1. The Kier molecular flexibility index (Phi) is 6.89. The molecule has 0 aliphatic heterocycles. The molecule has 0 unspecified atom stereocenters. The minimum Gasteiger partial charge on any atom is -0.310 e. The van der Waals surface area contributed by atoms with Crippen molar-refractivity contribution in [3.8, 4) is 22.3 Å². The number of para-hydroxylation sites is 2. The summed E-state index contributed by atoms with van der Waals surface area (Å²) in [5.41, 5.74) is 8.43. The molecule has 0 amide bonds. The summed E-state index contributed by atoms with van der Waals surface area (Å²) >= 11 is 0. The first-order valence-corrected chi connectivity index (χ1v) is 17.6. The molecule has 0 aromatic heterocycles. The number of hydrogen-bond acceptors (Lipinski definition) is 1. The van der Waals surface area contributed by atoms with Crippen LogP contribution in [0.5, 0.6) is 0 Å². The Morgan fingerprint density at radius 3 is 1.18 bits per heavy atom. The molecule has 0 N–H and O–H groups in total. The van der Waals surface area contributed by atoms with E-state index in [2.05, 4.69) is 205 Å². The molecule has 0 atom stereocenters. The second-order valence-electron chi connectivity index (χ2n) is 13.4. The maximum atomic E-state index is 2.40. The number of nitrogens with zero attached hydrogens (tertiary/aromatic N) is 1. The fraction of sp³-hybridized carbons (Fsp3) is 0. The summed E-state index contributed by atoms with van der Waals surface area (Å²) in [6, 6.07) is 73.1. The molecule has 0 saturated heterocycles. The quantitative estimate of drug-likeness (QED) is 0.168. The van der Waals surface area contributed by atoms with Crippen LogP contribution in [0.25, 0.3) is 76.1 Å². The van der Waals surface area contributed by atoms with Gasteiger partial charge in [-0.05, 0) is 137 Å². The van der Waals surface area contributed by atoms with Gasteiger partial charge in [0.1, 0.15) is 0 Å². The zero-order chi connectivity index (χ0) is 33.7. The topological polar surface area (TPSA) is 3.24 Å². The fourth-order valence-electron chi connectivity index (χ4n) is 7.96. The molecular weight excluding hydrogens is 615 g/mol. The van der Waals surface area contributed by atoms with Gasteiger partial charge < -0.3 is 4.90 Å². The predicted molar refractivity (Wildman–Crippen MR) is 220 cm³/mol. The van der Waals surface area contributed by atoms with Gasteiger partial charge in [-0.25, -0.2) is 0 Å². The lowest BCUT2D eigenvalue weighted by Crippen LogP contribution is -2.09. The van der Waals surface area contributed by atoms with E-state index in [0.717, 1.165) is 17.1 Å². The highest BCUT2D eigenvalue weighted by molar-refractivity contribution is 6.24. The molecule has 0 spiro atoms. The average Bonchev–Trinajstić information content (AvgIpc) is 3.20. The highest BCUT2D eigenvalue weighted by Gasteiger charge is 2.19. The van der Waals surface area contributed by atoms with Crippen molar-refractivity contribution < 1.29 is 0 Å². The highest BCUT2D eigenvalue weighted by atomic mass is 15.1. The molecule has 10 aromatic carbocycles. The van der Waals surface area contributed by atoms with Crippen LogP contribution in [-0.2, 0) is 0 Å². The predicted octanol–water partition coefficient (Wildman–Crippen LogP) is 14.3. The minimum absolute atomic E-state index is 1.13. The van der Waals surface area contributed by atoms with Crippen LogP contribution in [0, 0.1) is 0 Å². The van der Waals surface area contributed by atoms with Crippen LogP contribution in [0.2, 0.25) is 0 Å². The van der Waals surface area contributed by atoms with Gasteiger partial charge in [0.2, 0.25) is 0 Å². The average molecular weight is 648 g/mol. The molecule has 1 nitrogen and oxygen atoms in total. The van der Waals surface area contributed by atoms with Crippen molar-refractivity contribution in [2.75, 3.05) is 4.90 Å². The lowest BCUT2D eigenvalue weighted by atomic mass is 9.84. The van der Waals surface area contributed by atoms with Crippen LogP contribution in [0.1, 0.15) is 0 Å². The molecule has 0 bridgehead atoms. The van der Waals surface area contributed by atoms with E-state index < -0.39 is 0 Å². The Labute approximate surface area is 297 Å². The van der Waals surface area contributed by atoms with Gasteiger partial charge in [-0.1, -0.05) is 140 Å². The number of benzene rings is 10. The molecule has 0 aliphatic rings. The summed E-state index contributed by atoms with van der Waals surface area (Å²) in [6.07, 6.45) is 0. The van der Waals surface area contributed by atoms with Crippen molar-refractivity contribution >= 4 is 70.9 Å². The van der Waals surface area contributed by atoms with E-state index in [0.29, 0.717) is 0 Å². The normalized spacial score (nSPS) is 11.5. The van der Waals surface area contributed by atoms with Gasteiger partial charge >= 0.3 is 0 Å². The Morgan fingerprint density at radius 2 is 0.627 bits per heavy atom. The Balaban J connectivity index is 1.20. The minimum atomic E-state index is 1.13. The Bertz CT molecular complexity index is 2870. The summed E-state index contributed by atoms with van der Waals surface area (Å²) in [7, 11) is 0. The highest BCUT2D eigenvalue weighted by Crippen LogP contribution is 2.46. The molecule has 0 aliphatic carbocycles. The Hall–Kier alpha value is -6.70. The Morgan fingerprint density at radius 1 is 0.235 bits per heavy atom. The lowest BCUT2D eigenvalue weighted by Gasteiger charge is -2.25. The summed E-state index contributed by atoms with van der Waals surface area (Å²) in [5, 5.41) is 12.5. The maximum absolute atomic E-state index is 2.40. The van der Waals surface area contributed by atoms with Crippen LogP contribution in [0.15, 0.2) is 200 Å². The first-order valence-electron chi connectivity index (χ1n) is 17.6. The largest absolute Gasteiger partial charge is 0.310 e. The number of fused-ring (bicyclic) bond motifs is 5. The zero-order valence-electron chi connectivity index (χ0n) is 28.0. The number of anilines is 3. The molecule has 10 aromatic rings. The second-order valence-corrected chi connectivity index (χ2v) is 13.4. The van der Waals surface area contributed by atoms with Gasteiger partial charge in [-0.15, -0.1) is 0 Å². The van der Waals surface area contributed by atoms with Crippen LogP contribution in [-0.4, -0.2) is 0 Å². The van der Waals surface area contributed by atoms with Gasteiger partial charge in [0, 0.05) is 17.1 Å². The number of hydrogen-bond donors (Lipinski definition) is 0. The molecule has 0 saturated carbocycles. The molecule has 10 rings (SSSR count). The van der Waals surface area contributed by atoms with E-state index in [-0.39, 0.29) is 0 Å². The zero-order valence-corrected chi connectivity index (χ0v) is 28.0. The summed E-state index contributed by atoms with van der Waals surface area (Å²) in [5.74, 6) is 0. The molecule has 0 radical (unpaired) electrons. The molecule has 1 heteroatoms. The van der Waals surface area contributed by atoms with Crippen LogP contribution < -0.4 is 4.90 Å². The standard InChI is InChI=1S/C50H33N/c1-3-17-42(18-4-1)51(43-19-5-2-6-20-43)44-28-27-38-30-41(26-24-39(38)31-44)50-46-22-12-11-21-45(46)49(40-25-23-34-13-7-8-14-35(34)29-40)47-32-36-15-9-10-16-37(36)33-48(47)50/h1-33H. The third-order valence-corrected chi connectivity index (χ3v) is 10.3. The van der Waals surface area contributed by atoms with Crippen molar-refractivity contribution in [2.24, 2.45) is 0 Å². The van der Waals surface area contributed by atoms with Gasteiger partial charge in [0.25, 0.3) is 0 Å². The molecule has 0 fully saturated rings. The van der Waals surface area contributed by atoms with Gasteiger partial charge in [0.05, 0.1) is 0 Å². The van der Waals surface area contributed by atoms with E-state index in [1.165, 1.54) is 76.1 Å². The smallest absolute Gasteiger partial charge is 0.0468 e. The van der Waals surface area contributed by atoms with Gasteiger partial charge in [0.15, 0.2) is 0 Å².